The molecular weight excluding hydrogens is 230 g/mol. The summed E-state index contributed by atoms with van der Waals surface area (Å²) in [6.07, 6.45) is 1.12. The van der Waals surface area contributed by atoms with Gasteiger partial charge in [0.15, 0.2) is 0 Å². The van der Waals surface area contributed by atoms with Gasteiger partial charge in [0.25, 0.3) is 6.47 Å². The smallest absolute Gasteiger partial charge is 0.290 e. The van der Waals surface area contributed by atoms with E-state index < -0.39 is 5.92 Å². The molecule has 102 valence electrons. The number of hydrogen-bond donors (Lipinski definition) is 3. The van der Waals surface area contributed by atoms with Crippen LogP contribution in [0.5, 0.6) is 0 Å². The molecular formula is C11H22F2N2O2. The Bertz CT molecular complexity index is 220. The molecule has 0 aliphatic heterocycles. The Hall–Kier alpha value is -0.750. The topological polar surface area (TPSA) is 61.4 Å². The molecule has 0 amide bonds. The Labute approximate surface area is 101 Å². The quantitative estimate of drug-likeness (QED) is 0.520. The van der Waals surface area contributed by atoms with E-state index in [1.165, 1.54) is 0 Å². The third-order valence-corrected chi connectivity index (χ3v) is 2.37. The first-order valence-electron chi connectivity index (χ1n) is 5.68. The van der Waals surface area contributed by atoms with Gasteiger partial charge < -0.3 is 5.11 Å². The van der Waals surface area contributed by atoms with Gasteiger partial charge in [0, 0.05) is 24.4 Å². The number of carboxylic acid groups (broad SMARTS) is 1. The molecule has 0 aromatic heterocycles. The standard InChI is InChI=1S/C10H20F2N2.CH2O2/c1-9(2,3)14-13-8-4-6-10(11,12)7-5-8;2-1-3/h8,13-14H,4-7H2,1-3H3;1H,(H,2,3). The normalized spacial score (nSPS) is 20.3. The first kappa shape index (κ1) is 16.2. The maximum absolute atomic E-state index is 12.8. The van der Waals surface area contributed by atoms with Crippen molar-refractivity contribution in [2.24, 2.45) is 0 Å². The fourth-order valence-corrected chi connectivity index (χ4v) is 1.50. The Morgan fingerprint density at radius 2 is 1.71 bits per heavy atom. The van der Waals surface area contributed by atoms with Crippen molar-refractivity contribution in [3.63, 3.8) is 0 Å². The second-order valence-electron chi connectivity index (χ2n) is 5.25. The minimum absolute atomic E-state index is 0.0104. The molecule has 0 unspecified atom stereocenters. The highest BCUT2D eigenvalue weighted by Crippen LogP contribution is 2.32. The van der Waals surface area contributed by atoms with Crippen LogP contribution in [0.25, 0.3) is 0 Å². The van der Waals surface area contributed by atoms with Crippen LogP contribution < -0.4 is 10.9 Å². The molecule has 1 saturated carbocycles. The van der Waals surface area contributed by atoms with E-state index in [1.807, 2.05) is 20.8 Å². The Morgan fingerprint density at radius 1 is 1.29 bits per heavy atom. The summed E-state index contributed by atoms with van der Waals surface area (Å²) < 4.78 is 25.6. The average Bonchev–Trinajstić information content (AvgIpc) is 2.16. The van der Waals surface area contributed by atoms with E-state index in [0.29, 0.717) is 12.8 Å². The van der Waals surface area contributed by atoms with Crippen molar-refractivity contribution in [3.05, 3.63) is 0 Å². The molecule has 0 heterocycles. The van der Waals surface area contributed by atoms with E-state index >= 15 is 0 Å². The zero-order chi connectivity index (χ0) is 13.5. The molecule has 1 aliphatic carbocycles. The zero-order valence-electron chi connectivity index (χ0n) is 10.6. The lowest BCUT2D eigenvalue weighted by Crippen LogP contribution is -2.52. The van der Waals surface area contributed by atoms with Gasteiger partial charge in [0.05, 0.1) is 0 Å². The molecule has 6 heteroatoms. The highest BCUT2D eigenvalue weighted by atomic mass is 19.3. The van der Waals surface area contributed by atoms with E-state index in [9.17, 15) is 8.78 Å². The minimum Gasteiger partial charge on any atom is -0.483 e. The number of alkyl halides is 2. The molecule has 0 aromatic carbocycles. The summed E-state index contributed by atoms with van der Waals surface area (Å²) in [7, 11) is 0. The van der Waals surface area contributed by atoms with Gasteiger partial charge in [-0.05, 0) is 33.6 Å². The second-order valence-corrected chi connectivity index (χ2v) is 5.25. The first-order chi connectivity index (χ1) is 7.70. The van der Waals surface area contributed by atoms with Crippen LogP contribution in [0.15, 0.2) is 0 Å². The minimum atomic E-state index is -2.43. The molecule has 1 aliphatic rings. The molecule has 0 radical (unpaired) electrons. The SMILES string of the molecule is CC(C)(C)NNC1CCC(F)(F)CC1.O=CO. The number of nitrogens with one attached hydrogen (secondary N) is 2. The van der Waals surface area contributed by atoms with Crippen LogP contribution in [0.2, 0.25) is 0 Å². The van der Waals surface area contributed by atoms with Crippen molar-refractivity contribution in [1.29, 1.82) is 0 Å². The lowest BCUT2D eigenvalue weighted by Gasteiger charge is -2.32. The third-order valence-electron chi connectivity index (χ3n) is 2.37. The molecule has 0 aromatic rings. The first-order valence-corrected chi connectivity index (χ1v) is 5.68. The van der Waals surface area contributed by atoms with Crippen LogP contribution in [0.4, 0.5) is 8.78 Å². The average molecular weight is 252 g/mol. The number of hydrogen-bond acceptors (Lipinski definition) is 3. The summed E-state index contributed by atoms with van der Waals surface area (Å²) in [6, 6.07) is 0.189. The highest BCUT2D eigenvalue weighted by Gasteiger charge is 2.34. The van der Waals surface area contributed by atoms with Crippen LogP contribution in [0.3, 0.4) is 0 Å². The second kappa shape index (κ2) is 6.86. The maximum atomic E-state index is 12.8. The fraction of sp³-hybridized carbons (Fsp3) is 0.909. The predicted molar refractivity (Wildman–Crippen MR) is 61.9 cm³/mol. The molecule has 0 saturated heterocycles. The van der Waals surface area contributed by atoms with Crippen LogP contribution in [0, 0.1) is 0 Å². The van der Waals surface area contributed by atoms with Crippen LogP contribution in [-0.4, -0.2) is 29.1 Å². The van der Waals surface area contributed by atoms with Crippen molar-refractivity contribution >= 4 is 6.47 Å². The van der Waals surface area contributed by atoms with Crippen molar-refractivity contribution in [3.8, 4) is 0 Å². The summed E-state index contributed by atoms with van der Waals surface area (Å²) in [5.41, 5.74) is 6.23. The van der Waals surface area contributed by atoms with Crippen molar-refractivity contribution < 1.29 is 18.7 Å². The summed E-state index contributed by atoms with van der Waals surface area (Å²) in [4.78, 5) is 8.36. The highest BCUT2D eigenvalue weighted by molar-refractivity contribution is 5.32. The van der Waals surface area contributed by atoms with Crippen molar-refractivity contribution in [2.45, 2.75) is 64.0 Å². The molecule has 0 spiro atoms. The summed E-state index contributed by atoms with van der Waals surface area (Å²) in [5, 5.41) is 6.89. The number of halogens is 2. The van der Waals surface area contributed by atoms with Gasteiger partial charge in [-0.25, -0.2) is 8.78 Å². The van der Waals surface area contributed by atoms with Gasteiger partial charge in [-0.2, -0.15) is 0 Å². The molecule has 0 bridgehead atoms. The monoisotopic (exact) mass is 252 g/mol. The van der Waals surface area contributed by atoms with Gasteiger partial charge in [-0.15, -0.1) is 0 Å². The van der Waals surface area contributed by atoms with Crippen LogP contribution in [0.1, 0.15) is 46.5 Å². The molecule has 4 nitrogen and oxygen atoms in total. The van der Waals surface area contributed by atoms with Crippen LogP contribution >= 0.6 is 0 Å². The lowest BCUT2D eigenvalue weighted by atomic mass is 9.93. The molecule has 1 rings (SSSR count). The summed E-state index contributed by atoms with van der Waals surface area (Å²) in [6.45, 7) is 5.87. The molecule has 1 fully saturated rings. The van der Waals surface area contributed by atoms with E-state index in [0.717, 1.165) is 0 Å². The molecule has 3 N–H and O–H groups in total. The summed E-state index contributed by atoms with van der Waals surface area (Å²) >= 11 is 0. The van der Waals surface area contributed by atoms with Gasteiger partial charge in [-0.1, -0.05) is 0 Å². The van der Waals surface area contributed by atoms with E-state index in [4.69, 9.17) is 9.90 Å². The van der Waals surface area contributed by atoms with E-state index in [-0.39, 0.29) is 30.9 Å². The van der Waals surface area contributed by atoms with E-state index in [1.54, 1.807) is 0 Å². The molecule has 0 atom stereocenters. The van der Waals surface area contributed by atoms with Crippen molar-refractivity contribution in [2.75, 3.05) is 0 Å². The largest absolute Gasteiger partial charge is 0.483 e. The Morgan fingerprint density at radius 3 is 2.06 bits per heavy atom. The van der Waals surface area contributed by atoms with Gasteiger partial charge in [-0.3, -0.25) is 15.6 Å². The lowest BCUT2D eigenvalue weighted by molar-refractivity contribution is -0.122. The van der Waals surface area contributed by atoms with E-state index in [2.05, 4.69) is 10.9 Å². The Kier molecular flexibility index (Phi) is 6.56. The summed E-state index contributed by atoms with van der Waals surface area (Å²) in [5.74, 6) is -2.43. The number of carbonyl (C=O) groups is 1. The third kappa shape index (κ3) is 9.00. The molecule has 17 heavy (non-hydrogen) atoms. The Balaban J connectivity index is 0.000000770. The van der Waals surface area contributed by atoms with Crippen molar-refractivity contribution in [1.82, 2.24) is 10.9 Å². The predicted octanol–water partition coefficient (Wildman–Crippen LogP) is 2.16. The van der Waals surface area contributed by atoms with Crippen LogP contribution in [-0.2, 0) is 4.79 Å². The zero-order valence-corrected chi connectivity index (χ0v) is 10.6. The van der Waals surface area contributed by atoms with Gasteiger partial charge >= 0.3 is 0 Å². The number of hydrazine groups is 1. The van der Waals surface area contributed by atoms with Gasteiger partial charge in [0.1, 0.15) is 0 Å². The number of rotatable bonds is 2. The van der Waals surface area contributed by atoms with Gasteiger partial charge in [0.2, 0.25) is 5.92 Å². The fourth-order valence-electron chi connectivity index (χ4n) is 1.50. The maximum Gasteiger partial charge on any atom is 0.290 e.